The van der Waals surface area contributed by atoms with Crippen molar-refractivity contribution < 1.29 is 27.5 Å². The number of hydrogen-bond donors (Lipinski definition) is 1. The minimum absolute atomic E-state index is 0. The lowest BCUT2D eigenvalue weighted by molar-refractivity contribution is -0.191. The molecular weight excluding hydrogens is 325 g/mol. The number of amides is 1. The monoisotopic (exact) mass is 338 g/mol. The Kier molecular flexibility index (Phi) is 5.29. The number of methoxy groups -OCH3 is 1. The molecule has 1 aliphatic rings. The van der Waals surface area contributed by atoms with Crippen LogP contribution in [0.1, 0.15) is 11.1 Å². The largest absolute Gasteiger partial charge is 0.471 e. The predicted octanol–water partition coefficient (Wildman–Crippen LogP) is 1.68. The molecule has 2 N–H and O–H groups in total. The molecule has 0 aliphatic carbocycles. The number of nitrogens with zero attached hydrogens (tertiary/aromatic N) is 1. The van der Waals surface area contributed by atoms with Crippen LogP contribution in [0, 0.1) is 0 Å². The van der Waals surface area contributed by atoms with Crippen LogP contribution in [0.4, 0.5) is 18.9 Å². The number of fused-ring (bicyclic) bond motifs is 1. The van der Waals surface area contributed by atoms with Crippen molar-refractivity contribution in [2.45, 2.75) is 25.2 Å². The van der Waals surface area contributed by atoms with E-state index in [1.54, 1.807) is 12.1 Å². The van der Waals surface area contributed by atoms with Gasteiger partial charge in [-0.15, -0.1) is 12.4 Å². The van der Waals surface area contributed by atoms with Crippen molar-refractivity contribution in [3.8, 4) is 0 Å². The maximum Gasteiger partial charge on any atom is 0.471 e. The summed E-state index contributed by atoms with van der Waals surface area (Å²) in [6.45, 7) is -0.335. The molecule has 0 bridgehead atoms. The van der Waals surface area contributed by atoms with Crippen LogP contribution in [0.5, 0.6) is 0 Å². The molecule has 1 aromatic carbocycles. The van der Waals surface area contributed by atoms with Crippen LogP contribution in [0.2, 0.25) is 0 Å². The second-order valence-electron chi connectivity index (χ2n) is 4.70. The third kappa shape index (κ3) is 3.44. The fourth-order valence-electron chi connectivity index (χ4n) is 2.33. The molecule has 122 valence electrons. The van der Waals surface area contributed by atoms with Crippen molar-refractivity contribution in [2.75, 3.05) is 12.8 Å². The van der Waals surface area contributed by atoms with Crippen LogP contribution in [0.25, 0.3) is 0 Å². The highest BCUT2D eigenvalue weighted by atomic mass is 35.5. The molecule has 1 heterocycles. The molecule has 1 aromatic rings. The van der Waals surface area contributed by atoms with Gasteiger partial charge in [-0.25, -0.2) is 4.79 Å². The average molecular weight is 339 g/mol. The zero-order valence-electron chi connectivity index (χ0n) is 11.5. The number of benzene rings is 1. The number of halogens is 4. The van der Waals surface area contributed by atoms with Gasteiger partial charge < -0.3 is 15.4 Å². The van der Waals surface area contributed by atoms with Crippen molar-refractivity contribution in [2.24, 2.45) is 0 Å². The Balaban J connectivity index is 0.00000242. The summed E-state index contributed by atoms with van der Waals surface area (Å²) in [5.74, 6) is -2.94. The lowest BCUT2D eigenvalue weighted by Crippen LogP contribution is -2.53. The summed E-state index contributed by atoms with van der Waals surface area (Å²) in [5, 5.41) is 0. The lowest BCUT2D eigenvalue weighted by Gasteiger charge is -2.35. The van der Waals surface area contributed by atoms with Gasteiger partial charge in [-0.3, -0.25) is 4.79 Å². The van der Waals surface area contributed by atoms with E-state index in [9.17, 15) is 22.8 Å². The summed E-state index contributed by atoms with van der Waals surface area (Å²) >= 11 is 0. The standard InChI is InChI=1S/C13H13F3N2O3.ClH/c1-21-11(19)10-5-7-2-3-9(17)4-8(7)6-18(10)12(20)13(14,15)16;/h2-4,10H,5-6,17H2,1H3;1H/t10-;/m0./s1. The first-order chi connectivity index (χ1) is 9.74. The molecule has 22 heavy (non-hydrogen) atoms. The number of carbonyl (C=O) groups excluding carboxylic acids is 2. The van der Waals surface area contributed by atoms with E-state index in [0.29, 0.717) is 21.7 Å². The van der Waals surface area contributed by atoms with E-state index in [4.69, 9.17) is 5.73 Å². The Morgan fingerprint density at radius 1 is 1.32 bits per heavy atom. The number of hydrogen-bond acceptors (Lipinski definition) is 4. The molecule has 0 fully saturated rings. The fraction of sp³-hybridized carbons (Fsp3) is 0.385. The third-order valence-corrected chi connectivity index (χ3v) is 3.34. The van der Waals surface area contributed by atoms with Crippen molar-refractivity contribution >= 4 is 30.0 Å². The highest BCUT2D eigenvalue weighted by molar-refractivity contribution is 5.88. The summed E-state index contributed by atoms with van der Waals surface area (Å²) in [7, 11) is 1.07. The number of carbonyl (C=O) groups is 2. The van der Waals surface area contributed by atoms with Gasteiger partial charge in [-0.2, -0.15) is 13.2 Å². The van der Waals surface area contributed by atoms with Gasteiger partial charge >= 0.3 is 18.1 Å². The number of anilines is 1. The zero-order valence-corrected chi connectivity index (χ0v) is 12.3. The minimum atomic E-state index is -5.05. The fourth-order valence-corrected chi connectivity index (χ4v) is 2.33. The van der Waals surface area contributed by atoms with Gasteiger partial charge in [0.05, 0.1) is 7.11 Å². The summed E-state index contributed by atoms with van der Waals surface area (Å²) in [6.07, 6.45) is -5.09. The topological polar surface area (TPSA) is 72.6 Å². The second-order valence-corrected chi connectivity index (χ2v) is 4.70. The Morgan fingerprint density at radius 2 is 1.95 bits per heavy atom. The second kappa shape index (κ2) is 6.43. The Labute approximate surface area is 130 Å². The van der Waals surface area contributed by atoms with E-state index in [2.05, 4.69) is 4.74 Å². The van der Waals surface area contributed by atoms with Gasteiger partial charge in [-0.1, -0.05) is 6.07 Å². The van der Waals surface area contributed by atoms with Crippen LogP contribution in [-0.4, -0.2) is 36.1 Å². The molecule has 0 saturated carbocycles. The summed E-state index contributed by atoms with van der Waals surface area (Å²) in [6, 6.07) is 3.43. The van der Waals surface area contributed by atoms with Gasteiger partial charge in [0, 0.05) is 18.7 Å². The molecular formula is C13H14ClF3N2O3. The smallest absolute Gasteiger partial charge is 0.467 e. The first-order valence-electron chi connectivity index (χ1n) is 6.07. The number of ether oxygens (including phenoxy) is 1. The third-order valence-electron chi connectivity index (χ3n) is 3.34. The zero-order chi connectivity index (χ0) is 15.8. The van der Waals surface area contributed by atoms with Gasteiger partial charge in [0.1, 0.15) is 6.04 Å². The van der Waals surface area contributed by atoms with Gasteiger partial charge in [0.15, 0.2) is 0 Å². The molecule has 2 rings (SSSR count). The normalized spacial score (nSPS) is 17.3. The Hall–Kier alpha value is -1.96. The lowest BCUT2D eigenvalue weighted by atomic mass is 9.93. The Bertz CT molecular complexity index is 592. The maximum atomic E-state index is 12.7. The molecule has 0 saturated heterocycles. The molecule has 9 heteroatoms. The van der Waals surface area contributed by atoms with Crippen LogP contribution < -0.4 is 5.73 Å². The van der Waals surface area contributed by atoms with Crippen LogP contribution in [0.3, 0.4) is 0 Å². The predicted molar refractivity (Wildman–Crippen MR) is 74.2 cm³/mol. The first kappa shape index (κ1) is 18.1. The number of nitrogen functional groups attached to an aromatic ring is 1. The number of rotatable bonds is 1. The van der Waals surface area contributed by atoms with Gasteiger partial charge in [0.2, 0.25) is 0 Å². The van der Waals surface area contributed by atoms with Crippen LogP contribution in [-0.2, 0) is 27.3 Å². The van der Waals surface area contributed by atoms with E-state index in [-0.39, 0.29) is 25.4 Å². The van der Waals surface area contributed by atoms with Crippen molar-refractivity contribution in [3.63, 3.8) is 0 Å². The van der Waals surface area contributed by atoms with Crippen molar-refractivity contribution in [1.29, 1.82) is 0 Å². The highest BCUT2D eigenvalue weighted by Gasteiger charge is 2.47. The van der Waals surface area contributed by atoms with E-state index in [1.165, 1.54) is 6.07 Å². The van der Waals surface area contributed by atoms with Gasteiger partial charge in [0.25, 0.3) is 0 Å². The van der Waals surface area contributed by atoms with E-state index in [0.717, 1.165) is 7.11 Å². The first-order valence-corrected chi connectivity index (χ1v) is 6.07. The maximum absolute atomic E-state index is 12.7. The van der Waals surface area contributed by atoms with E-state index >= 15 is 0 Å². The van der Waals surface area contributed by atoms with E-state index in [1.807, 2.05) is 0 Å². The SMILES string of the molecule is COC(=O)[C@@H]1Cc2ccc(N)cc2CN1C(=O)C(F)(F)F.Cl. The molecule has 0 unspecified atom stereocenters. The summed E-state index contributed by atoms with van der Waals surface area (Å²) in [4.78, 5) is 23.7. The molecule has 1 aliphatic heterocycles. The molecule has 5 nitrogen and oxygen atoms in total. The average Bonchev–Trinajstić information content (AvgIpc) is 2.43. The molecule has 0 spiro atoms. The van der Waals surface area contributed by atoms with E-state index < -0.39 is 24.1 Å². The van der Waals surface area contributed by atoms with Crippen molar-refractivity contribution in [3.05, 3.63) is 29.3 Å². The number of alkyl halides is 3. The molecule has 1 amide bonds. The van der Waals surface area contributed by atoms with Crippen LogP contribution in [0.15, 0.2) is 18.2 Å². The van der Waals surface area contributed by atoms with Crippen molar-refractivity contribution in [1.82, 2.24) is 4.90 Å². The molecule has 0 radical (unpaired) electrons. The number of esters is 1. The molecule has 1 atom stereocenters. The minimum Gasteiger partial charge on any atom is -0.467 e. The number of nitrogens with two attached hydrogens (primary N) is 1. The molecule has 0 aromatic heterocycles. The quantitative estimate of drug-likeness (QED) is 0.624. The highest BCUT2D eigenvalue weighted by Crippen LogP contribution is 2.29. The van der Waals surface area contributed by atoms with Gasteiger partial charge in [-0.05, 0) is 23.3 Å². The summed E-state index contributed by atoms with van der Waals surface area (Å²) in [5.41, 5.74) is 7.14. The summed E-state index contributed by atoms with van der Waals surface area (Å²) < 4.78 is 42.5. The van der Waals surface area contributed by atoms with Crippen LogP contribution >= 0.6 is 12.4 Å². The Morgan fingerprint density at radius 3 is 2.50 bits per heavy atom.